The molecule has 0 unspecified atom stereocenters. The Morgan fingerprint density at radius 2 is 1.95 bits per heavy atom. The maximum atomic E-state index is 13.8. The van der Waals surface area contributed by atoms with Crippen LogP contribution in [0.1, 0.15) is 27.4 Å². The highest BCUT2D eigenvalue weighted by Gasteiger charge is 2.27. The number of benzene rings is 2. The second kappa shape index (κ2) is 11.7. The smallest absolute Gasteiger partial charge is 0.254 e. The van der Waals surface area contributed by atoms with Crippen molar-refractivity contribution < 1.29 is 26.8 Å². The molecule has 0 N–H and O–H groups in total. The molecule has 0 aliphatic carbocycles. The van der Waals surface area contributed by atoms with Crippen molar-refractivity contribution in [3.63, 3.8) is 0 Å². The summed E-state index contributed by atoms with van der Waals surface area (Å²) in [5, 5.41) is 0.183. The molecule has 0 spiro atoms. The van der Waals surface area contributed by atoms with Crippen LogP contribution in [0.25, 0.3) is 0 Å². The van der Waals surface area contributed by atoms with Gasteiger partial charge in [0.25, 0.3) is 5.91 Å². The average Bonchev–Trinajstić information content (AvgIpc) is 3.53. The number of rotatable bonds is 11. The predicted molar refractivity (Wildman–Crippen MR) is 135 cm³/mol. The maximum Gasteiger partial charge on any atom is 0.254 e. The zero-order chi connectivity index (χ0) is 26.4. The molecule has 0 aliphatic rings. The lowest BCUT2D eigenvalue weighted by Crippen LogP contribution is -2.31. The van der Waals surface area contributed by atoms with E-state index >= 15 is 0 Å². The minimum absolute atomic E-state index is 0.00558. The van der Waals surface area contributed by atoms with Gasteiger partial charge in [-0.15, -0.1) is 0 Å². The van der Waals surface area contributed by atoms with E-state index in [1.54, 1.807) is 36.4 Å². The van der Waals surface area contributed by atoms with Crippen molar-refractivity contribution in [2.24, 2.45) is 0 Å². The maximum absolute atomic E-state index is 13.8. The molecule has 11 heteroatoms. The number of hydrogen-bond donors (Lipinski definition) is 0. The van der Waals surface area contributed by atoms with Crippen molar-refractivity contribution in [3.8, 4) is 0 Å². The summed E-state index contributed by atoms with van der Waals surface area (Å²) >= 11 is 6.20. The first-order chi connectivity index (χ1) is 17.8. The van der Waals surface area contributed by atoms with E-state index in [4.69, 9.17) is 20.8 Å². The standard InChI is InChI=1S/C26H25ClFN3O5S/c1-35-13-11-31-22(15-29-26(31)37(33,34)18-20-6-2-3-10-24(20)27)16-30(17-23-9-5-12-36-23)25(32)19-7-4-8-21(28)14-19/h2-10,12,14-15H,11,13,16-18H2,1H3. The molecule has 8 nitrogen and oxygen atoms in total. The summed E-state index contributed by atoms with van der Waals surface area (Å²) in [5.74, 6) is -0.814. The molecule has 37 heavy (non-hydrogen) atoms. The number of nitrogens with zero attached hydrogens (tertiary/aromatic N) is 3. The zero-order valence-electron chi connectivity index (χ0n) is 20.0. The molecule has 0 bridgehead atoms. The van der Waals surface area contributed by atoms with Gasteiger partial charge in [-0.05, 0) is 42.0 Å². The van der Waals surface area contributed by atoms with Crippen molar-refractivity contribution in [2.45, 2.75) is 30.5 Å². The van der Waals surface area contributed by atoms with Crippen molar-refractivity contribution in [3.05, 3.63) is 107 Å². The Morgan fingerprint density at radius 3 is 2.65 bits per heavy atom. The Hall–Kier alpha value is -3.47. The van der Waals surface area contributed by atoms with Crippen LogP contribution in [0.2, 0.25) is 5.02 Å². The highest BCUT2D eigenvalue weighted by atomic mass is 35.5. The number of amides is 1. The van der Waals surface area contributed by atoms with Gasteiger partial charge in [-0.3, -0.25) is 4.79 Å². The predicted octanol–water partition coefficient (Wildman–Crippen LogP) is 4.73. The Balaban J connectivity index is 1.69. The van der Waals surface area contributed by atoms with Gasteiger partial charge in [0.1, 0.15) is 11.6 Å². The van der Waals surface area contributed by atoms with E-state index in [0.717, 1.165) is 6.07 Å². The number of carbonyl (C=O) groups excluding carboxylic acids is 1. The molecular formula is C26H25ClFN3O5S. The second-order valence-corrected chi connectivity index (χ2v) is 10.6. The van der Waals surface area contributed by atoms with Gasteiger partial charge in [-0.2, -0.15) is 0 Å². The van der Waals surface area contributed by atoms with E-state index in [2.05, 4.69) is 4.98 Å². The molecule has 0 atom stereocenters. The first kappa shape index (κ1) is 26.6. The monoisotopic (exact) mass is 545 g/mol. The lowest BCUT2D eigenvalue weighted by molar-refractivity contribution is 0.0711. The number of hydrogen-bond acceptors (Lipinski definition) is 6. The number of carbonyl (C=O) groups is 1. The Morgan fingerprint density at radius 1 is 1.14 bits per heavy atom. The van der Waals surface area contributed by atoms with Gasteiger partial charge in [0, 0.05) is 24.2 Å². The Bertz CT molecular complexity index is 1470. The van der Waals surface area contributed by atoms with Gasteiger partial charge < -0.3 is 18.6 Å². The largest absolute Gasteiger partial charge is 0.467 e. The lowest BCUT2D eigenvalue weighted by Gasteiger charge is -2.23. The molecule has 0 saturated heterocycles. The third-order valence-corrected chi connectivity index (χ3v) is 7.58. The van der Waals surface area contributed by atoms with Crippen LogP contribution in [0, 0.1) is 5.82 Å². The topological polar surface area (TPSA) is 94.6 Å². The van der Waals surface area contributed by atoms with Gasteiger partial charge in [0.15, 0.2) is 0 Å². The summed E-state index contributed by atoms with van der Waals surface area (Å²) in [5.41, 5.74) is 1.07. The molecule has 4 aromatic rings. The number of imidazole rings is 1. The van der Waals surface area contributed by atoms with Crippen LogP contribution >= 0.6 is 11.6 Å². The number of methoxy groups -OCH3 is 1. The number of sulfone groups is 1. The summed E-state index contributed by atoms with van der Waals surface area (Å²) in [6.45, 7) is 0.480. The molecule has 4 rings (SSSR count). The van der Waals surface area contributed by atoms with Crippen LogP contribution in [0.5, 0.6) is 0 Å². The van der Waals surface area contributed by atoms with E-state index in [0.29, 0.717) is 22.0 Å². The highest BCUT2D eigenvalue weighted by Crippen LogP contribution is 2.24. The van der Waals surface area contributed by atoms with Crippen LogP contribution in [0.3, 0.4) is 0 Å². The minimum Gasteiger partial charge on any atom is -0.467 e. The molecule has 194 valence electrons. The number of ether oxygens (including phenoxy) is 1. The third-order valence-electron chi connectivity index (χ3n) is 5.64. The normalized spacial score (nSPS) is 11.5. The van der Waals surface area contributed by atoms with Crippen LogP contribution in [0.4, 0.5) is 4.39 Å². The molecule has 1 amide bonds. The van der Waals surface area contributed by atoms with Gasteiger partial charge in [0.05, 0.1) is 43.6 Å². The number of furan rings is 1. The summed E-state index contributed by atoms with van der Waals surface area (Å²) in [4.78, 5) is 19.0. The number of aromatic nitrogens is 2. The zero-order valence-corrected chi connectivity index (χ0v) is 21.6. The van der Waals surface area contributed by atoms with E-state index < -0.39 is 21.6 Å². The Kier molecular flexibility index (Phi) is 8.42. The molecule has 2 aromatic carbocycles. The average molecular weight is 546 g/mol. The first-order valence-corrected chi connectivity index (χ1v) is 13.4. The molecule has 2 aromatic heterocycles. The van der Waals surface area contributed by atoms with Crippen molar-refractivity contribution in [1.29, 1.82) is 0 Å². The van der Waals surface area contributed by atoms with Gasteiger partial charge in [-0.1, -0.05) is 35.9 Å². The Labute approximate surface area is 219 Å². The van der Waals surface area contributed by atoms with Gasteiger partial charge in [-0.25, -0.2) is 17.8 Å². The molecule has 0 saturated carbocycles. The van der Waals surface area contributed by atoms with E-state index in [1.165, 1.54) is 47.2 Å². The molecule has 2 heterocycles. The highest BCUT2D eigenvalue weighted by molar-refractivity contribution is 7.90. The lowest BCUT2D eigenvalue weighted by atomic mass is 10.2. The van der Waals surface area contributed by atoms with Gasteiger partial charge in [0.2, 0.25) is 15.0 Å². The van der Waals surface area contributed by atoms with Crippen LogP contribution in [0.15, 0.2) is 82.7 Å². The fourth-order valence-corrected chi connectivity index (χ4v) is 5.69. The third kappa shape index (κ3) is 6.46. The van der Waals surface area contributed by atoms with Crippen LogP contribution in [-0.2, 0) is 40.0 Å². The van der Waals surface area contributed by atoms with Crippen LogP contribution < -0.4 is 0 Å². The van der Waals surface area contributed by atoms with Crippen LogP contribution in [-0.4, -0.2) is 42.5 Å². The van der Waals surface area contributed by atoms with E-state index in [1.807, 2.05) is 0 Å². The summed E-state index contributed by atoms with van der Waals surface area (Å²) in [6.07, 6.45) is 2.91. The first-order valence-electron chi connectivity index (χ1n) is 11.3. The van der Waals surface area contributed by atoms with E-state index in [9.17, 15) is 17.6 Å². The van der Waals surface area contributed by atoms with Crippen molar-refractivity contribution in [1.82, 2.24) is 14.5 Å². The molecular weight excluding hydrogens is 521 g/mol. The summed E-state index contributed by atoms with van der Waals surface area (Å²) in [7, 11) is -2.39. The van der Waals surface area contributed by atoms with E-state index in [-0.39, 0.29) is 42.7 Å². The fourth-order valence-electron chi connectivity index (χ4n) is 3.86. The molecule has 0 fully saturated rings. The second-order valence-electron chi connectivity index (χ2n) is 8.28. The summed E-state index contributed by atoms with van der Waals surface area (Å²) < 4.78 is 52.7. The SMILES string of the molecule is COCCn1c(CN(Cc2ccco2)C(=O)c2cccc(F)c2)cnc1S(=O)(=O)Cc1ccccc1Cl. The van der Waals surface area contributed by atoms with Crippen molar-refractivity contribution in [2.75, 3.05) is 13.7 Å². The van der Waals surface area contributed by atoms with Gasteiger partial charge >= 0.3 is 0 Å². The molecule has 0 aliphatic heterocycles. The minimum atomic E-state index is -3.90. The number of halogens is 2. The summed E-state index contributed by atoms with van der Waals surface area (Å²) in [6, 6.07) is 15.5. The fraction of sp³-hybridized carbons (Fsp3) is 0.231. The van der Waals surface area contributed by atoms with Crippen molar-refractivity contribution >= 4 is 27.3 Å². The molecule has 0 radical (unpaired) electrons. The quantitative estimate of drug-likeness (QED) is 0.270.